The van der Waals surface area contributed by atoms with E-state index in [4.69, 9.17) is 9.57 Å². The van der Waals surface area contributed by atoms with Crippen molar-refractivity contribution < 1.29 is 18.0 Å². The van der Waals surface area contributed by atoms with Crippen molar-refractivity contribution >= 4 is 10.0 Å². The summed E-state index contributed by atoms with van der Waals surface area (Å²) in [5.74, 6) is 0.653. The summed E-state index contributed by atoms with van der Waals surface area (Å²) in [7, 11) is -2.14. The average molecular weight is 321 g/mol. The molecule has 2 rings (SSSR count). The lowest BCUT2D eigenvalue weighted by atomic mass is 10.1. The number of hydrogen-bond donors (Lipinski definition) is 1. The molecule has 0 saturated carbocycles. The number of aryl methyl sites for hydroxylation is 2. The number of rotatable bonds is 6. The minimum absolute atomic E-state index is 0.0793. The van der Waals surface area contributed by atoms with Gasteiger partial charge in [-0.25, -0.2) is 8.42 Å². The number of benzene rings is 2. The van der Waals surface area contributed by atoms with Crippen LogP contribution in [0.3, 0.4) is 0 Å². The molecule has 0 saturated heterocycles. The van der Waals surface area contributed by atoms with Crippen LogP contribution in [0.15, 0.2) is 47.4 Å². The van der Waals surface area contributed by atoms with Gasteiger partial charge in [-0.15, -0.1) is 0 Å². The maximum absolute atomic E-state index is 12.1. The monoisotopic (exact) mass is 321 g/mol. The SMILES string of the molecule is COc1ccc(C)cc1CONS(=O)(=O)c1cccc(C)c1. The van der Waals surface area contributed by atoms with E-state index in [1.807, 2.05) is 38.1 Å². The van der Waals surface area contributed by atoms with Crippen LogP contribution in [0.2, 0.25) is 0 Å². The highest BCUT2D eigenvalue weighted by molar-refractivity contribution is 7.89. The first-order chi connectivity index (χ1) is 10.4. The summed E-state index contributed by atoms with van der Waals surface area (Å²) >= 11 is 0. The van der Waals surface area contributed by atoms with Gasteiger partial charge in [0.05, 0.1) is 18.6 Å². The molecule has 1 N–H and O–H groups in total. The molecule has 6 heteroatoms. The predicted octanol–water partition coefficient (Wildman–Crippen LogP) is 2.72. The zero-order valence-electron chi connectivity index (χ0n) is 12.8. The van der Waals surface area contributed by atoms with Crippen LogP contribution in [0.1, 0.15) is 16.7 Å². The van der Waals surface area contributed by atoms with Crippen LogP contribution in [-0.2, 0) is 21.5 Å². The van der Waals surface area contributed by atoms with Crippen LogP contribution in [0.4, 0.5) is 0 Å². The third kappa shape index (κ3) is 4.07. The van der Waals surface area contributed by atoms with Crippen molar-refractivity contribution in [3.63, 3.8) is 0 Å². The van der Waals surface area contributed by atoms with E-state index in [0.29, 0.717) is 5.75 Å². The fourth-order valence-corrected chi connectivity index (χ4v) is 2.94. The molecular formula is C16H19NO4S. The Bertz CT molecular complexity index is 756. The van der Waals surface area contributed by atoms with E-state index >= 15 is 0 Å². The lowest BCUT2D eigenvalue weighted by Crippen LogP contribution is -2.24. The highest BCUT2D eigenvalue weighted by Gasteiger charge is 2.14. The number of ether oxygens (including phenoxy) is 1. The lowest BCUT2D eigenvalue weighted by molar-refractivity contribution is 0.0780. The molecule has 0 amide bonds. The minimum Gasteiger partial charge on any atom is -0.496 e. The van der Waals surface area contributed by atoms with E-state index in [1.165, 1.54) is 6.07 Å². The predicted molar refractivity (Wildman–Crippen MR) is 84.0 cm³/mol. The largest absolute Gasteiger partial charge is 0.496 e. The molecule has 0 spiro atoms. The number of methoxy groups -OCH3 is 1. The van der Waals surface area contributed by atoms with Gasteiger partial charge >= 0.3 is 0 Å². The second-order valence-electron chi connectivity index (χ2n) is 5.01. The van der Waals surface area contributed by atoms with Crippen molar-refractivity contribution in [1.29, 1.82) is 0 Å². The van der Waals surface area contributed by atoms with Crippen LogP contribution in [0, 0.1) is 13.8 Å². The summed E-state index contributed by atoms with van der Waals surface area (Å²) in [6.07, 6.45) is 0. The molecule has 0 aliphatic carbocycles. The van der Waals surface area contributed by atoms with Crippen LogP contribution in [0.5, 0.6) is 5.75 Å². The first-order valence-corrected chi connectivity index (χ1v) is 8.24. The Balaban J connectivity index is 2.06. The zero-order valence-corrected chi connectivity index (χ0v) is 13.6. The van der Waals surface area contributed by atoms with E-state index in [1.54, 1.807) is 19.2 Å². The Hall–Kier alpha value is -1.89. The quantitative estimate of drug-likeness (QED) is 0.831. The van der Waals surface area contributed by atoms with E-state index in [-0.39, 0.29) is 11.5 Å². The average Bonchev–Trinajstić information content (AvgIpc) is 2.47. The normalized spacial score (nSPS) is 11.4. The second kappa shape index (κ2) is 6.91. The van der Waals surface area contributed by atoms with Gasteiger partial charge < -0.3 is 4.74 Å². The molecule has 0 atom stereocenters. The summed E-state index contributed by atoms with van der Waals surface area (Å²) in [5.41, 5.74) is 2.68. The Morgan fingerprint density at radius 3 is 2.45 bits per heavy atom. The summed E-state index contributed by atoms with van der Waals surface area (Å²) in [6, 6.07) is 12.2. The molecule has 0 bridgehead atoms. The second-order valence-corrected chi connectivity index (χ2v) is 6.65. The molecular weight excluding hydrogens is 302 g/mol. The van der Waals surface area contributed by atoms with Gasteiger partial charge in [-0.1, -0.05) is 28.6 Å². The highest BCUT2D eigenvalue weighted by Crippen LogP contribution is 2.20. The summed E-state index contributed by atoms with van der Waals surface area (Å²) in [4.78, 5) is 7.47. The smallest absolute Gasteiger partial charge is 0.262 e. The van der Waals surface area contributed by atoms with Crippen LogP contribution >= 0.6 is 0 Å². The van der Waals surface area contributed by atoms with Crippen molar-refractivity contribution in [3.8, 4) is 5.75 Å². The lowest BCUT2D eigenvalue weighted by Gasteiger charge is -2.11. The Morgan fingerprint density at radius 1 is 1.05 bits per heavy atom. The van der Waals surface area contributed by atoms with Gasteiger partial charge in [0.1, 0.15) is 5.75 Å². The minimum atomic E-state index is -3.70. The van der Waals surface area contributed by atoms with E-state index in [2.05, 4.69) is 4.89 Å². The summed E-state index contributed by atoms with van der Waals surface area (Å²) in [6.45, 7) is 3.85. The summed E-state index contributed by atoms with van der Waals surface area (Å²) in [5, 5.41) is 0. The molecule has 0 fully saturated rings. The molecule has 0 aromatic heterocycles. The van der Waals surface area contributed by atoms with Gasteiger partial charge in [-0.2, -0.15) is 0 Å². The van der Waals surface area contributed by atoms with Crippen LogP contribution < -0.4 is 9.62 Å². The maximum Gasteiger partial charge on any atom is 0.262 e. The molecule has 0 aliphatic heterocycles. The fraction of sp³-hybridized carbons (Fsp3) is 0.250. The van der Waals surface area contributed by atoms with E-state index in [9.17, 15) is 8.42 Å². The van der Waals surface area contributed by atoms with Gasteiger partial charge in [0.2, 0.25) is 0 Å². The first kappa shape index (κ1) is 16.5. The molecule has 22 heavy (non-hydrogen) atoms. The third-order valence-electron chi connectivity index (χ3n) is 3.13. The van der Waals surface area contributed by atoms with Gasteiger partial charge in [0, 0.05) is 5.56 Å². The van der Waals surface area contributed by atoms with Crippen molar-refractivity contribution in [2.75, 3.05) is 7.11 Å². The molecule has 2 aromatic rings. The molecule has 0 aliphatic rings. The van der Waals surface area contributed by atoms with E-state index < -0.39 is 10.0 Å². The molecule has 118 valence electrons. The number of sulfonamides is 1. The molecule has 5 nitrogen and oxygen atoms in total. The van der Waals surface area contributed by atoms with Crippen molar-refractivity contribution in [2.45, 2.75) is 25.3 Å². The van der Waals surface area contributed by atoms with Crippen molar-refractivity contribution in [1.82, 2.24) is 4.89 Å². The van der Waals surface area contributed by atoms with Gasteiger partial charge in [0.25, 0.3) is 10.0 Å². The standard InChI is InChI=1S/C16H19NO4S/c1-12-5-4-6-15(10-12)22(18,19)17-21-11-14-9-13(2)7-8-16(14)20-3/h4-10,17H,11H2,1-3H3. The molecule has 0 radical (unpaired) electrons. The maximum atomic E-state index is 12.1. The Labute approximate surface area is 130 Å². The molecule has 0 unspecified atom stereocenters. The molecule has 0 heterocycles. The number of nitrogens with one attached hydrogen (secondary N) is 1. The third-order valence-corrected chi connectivity index (χ3v) is 4.34. The fourth-order valence-electron chi connectivity index (χ4n) is 2.04. The Kier molecular flexibility index (Phi) is 5.18. The van der Waals surface area contributed by atoms with Crippen molar-refractivity contribution in [3.05, 3.63) is 59.2 Å². The van der Waals surface area contributed by atoms with Crippen molar-refractivity contribution in [2.24, 2.45) is 0 Å². The zero-order chi connectivity index (χ0) is 16.2. The number of hydrogen-bond acceptors (Lipinski definition) is 4. The Morgan fingerprint density at radius 2 is 1.77 bits per heavy atom. The highest BCUT2D eigenvalue weighted by atomic mass is 32.2. The van der Waals surface area contributed by atoms with E-state index in [0.717, 1.165) is 16.7 Å². The topological polar surface area (TPSA) is 64.6 Å². The first-order valence-electron chi connectivity index (χ1n) is 6.76. The van der Waals surface area contributed by atoms with Gasteiger partial charge in [0.15, 0.2) is 0 Å². The van der Waals surface area contributed by atoms with Crippen LogP contribution in [0.25, 0.3) is 0 Å². The van der Waals surface area contributed by atoms with Gasteiger partial charge in [-0.05, 0) is 43.7 Å². The summed E-state index contributed by atoms with van der Waals surface area (Å²) < 4.78 is 29.5. The van der Waals surface area contributed by atoms with Gasteiger partial charge in [-0.3, -0.25) is 4.84 Å². The molecule has 2 aromatic carbocycles. The van der Waals surface area contributed by atoms with Crippen LogP contribution in [-0.4, -0.2) is 15.5 Å².